The highest BCUT2D eigenvalue weighted by Gasteiger charge is 2.08. The van der Waals surface area contributed by atoms with Crippen LogP contribution < -0.4 is 11.1 Å². The van der Waals surface area contributed by atoms with Gasteiger partial charge < -0.3 is 15.5 Å². The first-order valence-electron chi connectivity index (χ1n) is 6.43. The molecule has 0 spiro atoms. The standard InChI is InChI=1S/C15H12ClN5O/c16-11-5-1-10(2-6-11)14-20-21-15(22-14)19-12-7-3-9(4-8-12)13(17)18/h1-8H,(H3,17,18)(H,19,21). The minimum atomic E-state index is 0.0226. The fourth-order valence-electron chi connectivity index (χ4n) is 1.84. The fraction of sp³-hybridized carbons (Fsp3) is 0. The van der Waals surface area contributed by atoms with Gasteiger partial charge in [0.05, 0.1) is 0 Å². The van der Waals surface area contributed by atoms with Crippen molar-refractivity contribution in [2.45, 2.75) is 0 Å². The highest BCUT2D eigenvalue weighted by molar-refractivity contribution is 6.30. The van der Waals surface area contributed by atoms with Gasteiger partial charge >= 0.3 is 6.01 Å². The van der Waals surface area contributed by atoms with Crippen LogP contribution in [0.15, 0.2) is 52.9 Å². The van der Waals surface area contributed by atoms with Crippen LogP contribution in [0.5, 0.6) is 0 Å². The minimum Gasteiger partial charge on any atom is -0.403 e. The third-order valence-corrected chi connectivity index (χ3v) is 3.22. The summed E-state index contributed by atoms with van der Waals surface area (Å²) in [5, 5.41) is 18.9. The van der Waals surface area contributed by atoms with E-state index in [4.69, 9.17) is 27.2 Å². The Morgan fingerprint density at radius 1 is 1.05 bits per heavy atom. The first-order valence-corrected chi connectivity index (χ1v) is 6.80. The lowest BCUT2D eigenvalue weighted by Gasteiger charge is -2.02. The molecule has 0 aliphatic rings. The van der Waals surface area contributed by atoms with Crippen LogP contribution in [0.2, 0.25) is 5.02 Å². The molecule has 0 atom stereocenters. The Morgan fingerprint density at radius 2 is 1.73 bits per heavy atom. The number of halogens is 1. The molecule has 1 aromatic heterocycles. The molecule has 0 saturated heterocycles. The van der Waals surface area contributed by atoms with Crippen molar-refractivity contribution in [1.82, 2.24) is 10.2 Å². The zero-order chi connectivity index (χ0) is 15.5. The lowest BCUT2D eigenvalue weighted by Crippen LogP contribution is -2.10. The second kappa shape index (κ2) is 5.87. The van der Waals surface area contributed by atoms with Gasteiger partial charge in [-0.25, -0.2) is 0 Å². The Kier molecular flexibility index (Phi) is 3.76. The van der Waals surface area contributed by atoms with E-state index in [1.807, 2.05) is 0 Å². The van der Waals surface area contributed by atoms with Gasteiger partial charge in [0.25, 0.3) is 0 Å². The summed E-state index contributed by atoms with van der Waals surface area (Å²) < 4.78 is 5.55. The van der Waals surface area contributed by atoms with Crippen molar-refractivity contribution in [3.63, 3.8) is 0 Å². The quantitative estimate of drug-likeness (QED) is 0.506. The average Bonchev–Trinajstić information content (AvgIpc) is 2.97. The maximum Gasteiger partial charge on any atom is 0.320 e. The first kappa shape index (κ1) is 14.1. The lowest BCUT2D eigenvalue weighted by atomic mass is 10.2. The molecule has 0 amide bonds. The Labute approximate surface area is 131 Å². The Morgan fingerprint density at radius 3 is 2.36 bits per heavy atom. The molecular weight excluding hydrogens is 302 g/mol. The molecule has 0 radical (unpaired) electrons. The van der Waals surface area contributed by atoms with Crippen LogP contribution in [-0.4, -0.2) is 16.0 Å². The number of nitrogen functional groups attached to an aromatic ring is 1. The van der Waals surface area contributed by atoms with E-state index in [2.05, 4.69) is 15.5 Å². The second-order valence-electron chi connectivity index (χ2n) is 4.54. The molecule has 6 nitrogen and oxygen atoms in total. The molecular formula is C15H12ClN5O. The van der Waals surface area contributed by atoms with Crippen molar-refractivity contribution in [2.75, 3.05) is 5.32 Å². The van der Waals surface area contributed by atoms with E-state index in [-0.39, 0.29) is 11.9 Å². The predicted octanol–water partition coefficient (Wildman–Crippen LogP) is 3.42. The highest BCUT2D eigenvalue weighted by Crippen LogP contribution is 2.23. The molecule has 0 saturated carbocycles. The zero-order valence-electron chi connectivity index (χ0n) is 11.4. The number of amidine groups is 1. The first-order chi connectivity index (χ1) is 10.6. The number of anilines is 2. The van der Waals surface area contributed by atoms with Gasteiger partial charge in [0.15, 0.2) is 0 Å². The van der Waals surface area contributed by atoms with Crippen LogP contribution in [0.1, 0.15) is 5.56 Å². The van der Waals surface area contributed by atoms with Gasteiger partial charge in [-0.3, -0.25) is 5.41 Å². The van der Waals surface area contributed by atoms with Gasteiger partial charge in [-0.2, -0.15) is 0 Å². The molecule has 4 N–H and O–H groups in total. The molecule has 3 rings (SSSR count). The third-order valence-electron chi connectivity index (χ3n) is 2.96. The van der Waals surface area contributed by atoms with Crippen molar-refractivity contribution >= 4 is 29.1 Å². The number of benzene rings is 2. The van der Waals surface area contributed by atoms with Crippen molar-refractivity contribution in [1.29, 1.82) is 5.41 Å². The normalized spacial score (nSPS) is 10.4. The Hall–Kier alpha value is -2.86. The van der Waals surface area contributed by atoms with Crippen molar-refractivity contribution in [3.05, 3.63) is 59.1 Å². The van der Waals surface area contributed by atoms with E-state index in [1.165, 1.54) is 0 Å². The summed E-state index contributed by atoms with van der Waals surface area (Å²) in [6.45, 7) is 0. The number of nitrogens with zero attached hydrogens (tertiary/aromatic N) is 2. The van der Waals surface area contributed by atoms with E-state index < -0.39 is 0 Å². The number of nitrogens with two attached hydrogens (primary N) is 1. The van der Waals surface area contributed by atoms with Crippen LogP contribution in [0.25, 0.3) is 11.5 Å². The molecule has 0 aliphatic carbocycles. The number of hydrogen-bond donors (Lipinski definition) is 3. The predicted molar refractivity (Wildman–Crippen MR) is 85.5 cm³/mol. The van der Waals surface area contributed by atoms with Crippen LogP contribution in [0.4, 0.5) is 11.7 Å². The largest absolute Gasteiger partial charge is 0.403 e. The smallest absolute Gasteiger partial charge is 0.320 e. The summed E-state index contributed by atoms with van der Waals surface area (Å²) in [7, 11) is 0. The summed E-state index contributed by atoms with van der Waals surface area (Å²) in [4.78, 5) is 0. The van der Waals surface area contributed by atoms with Gasteiger partial charge in [-0.1, -0.05) is 16.7 Å². The van der Waals surface area contributed by atoms with Crippen LogP contribution in [-0.2, 0) is 0 Å². The third kappa shape index (κ3) is 3.07. The van der Waals surface area contributed by atoms with Gasteiger partial charge in [0, 0.05) is 21.8 Å². The maximum absolute atomic E-state index is 7.35. The average molecular weight is 314 g/mol. The van der Waals surface area contributed by atoms with Gasteiger partial charge in [-0.15, -0.1) is 5.10 Å². The molecule has 110 valence electrons. The summed E-state index contributed by atoms with van der Waals surface area (Å²) in [6, 6.07) is 14.4. The minimum absolute atomic E-state index is 0.0226. The van der Waals surface area contributed by atoms with E-state index in [0.717, 1.165) is 11.3 Å². The molecule has 0 fully saturated rings. The van der Waals surface area contributed by atoms with Gasteiger partial charge in [0.2, 0.25) is 5.89 Å². The van der Waals surface area contributed by atoms with Crippen LogP contribution in [0, 0.1) is 5.41 Å². The molecule has 3 aromatic rings. The van der Waals surface area contributed by atoms with E-state index in [1.54, 1.807) is 48.5 Å². The summed E-state index contributed by atoms with van der Waals surface area (Å²) >= 11 is 5.84. The zero-order valence-corrected chi connectivity index (χ0v) is 12.1. The van der Waals surface area contributed by atoms with Crippen molar-refractivity contribution in [2.24, 2.45) is 5.73 Å². The molecule has 2 aromatic carbocycles. The topological polar surface area (TPSA) is 101 Å². The molecule has 0 unspecified atom stereocenters. The monoisotopic (exact) mass is 313 g/mol. The van der Waals surface area contributed by atoms with Crippen molar-refractivity contribution < 1.29 is 4.42 Å². The van der Waals surface area contributed by atoms with Gasteiger partial charge in [-0.05, 0) is 48.5 Å². The Bertz CT molecular complexity index is 796. The Balaban J connectivity index is 1.76. The van der Waals surface area contributed by atoms with Crippen molar-refractivity contribution in [3.8, 4) is 11.5 Å². The SMILES string of the molecule is N=C(N)c1ccc(Nc2nnc(-c3ccc(Cl)cc3)o2)cc1. The number of hydrogen-bond acceptors (Lipinski definition) is 5. The summed E-state index contributed by atoms with van der Waals surface area (Å²) in [6.07, 6.45) is 0. The number of rotatable bonds is 4. The van der Waals surface area contributed by atoms with E-state index in [9.17, 15) is 0 Å². The second-order valence-corrected chi connectivity index (χ2v) is 4.97. The van der Waals surface area contributed by atoms with Crippen LogP contribution >= 0.6 is 11.6 Å². The lowest BCUT2D eigenvalue weighted by molar-refractivity contribution is 0.587. The fourth-order valence-corrected chi connectivity index (χ4v) is 1.97. The maximum atomic E-state index is 7.35. The summed E-state index contributed by atoms with van der Waals surface area (Å²) in [5.41, 5.74) is 7.61. The molecule has 0 bridgehead atoms. The molecule has 1 heterocycles. The van der Waals surface area contributed by atoms with E-state index in [0.29, 0.717) is 16.5 Å². The van der Waals surface area contributed by atoms with Crippen LogP contribution in [0.3, 0.4) is 0 Å². The highest BCUT2D eigenvalue weighted by atomic mass is 35.5. The molecule has 7 heteroatoms. The molecule has 0 aliphatic heterocycles. The molecule has 22 heavy (non-hydrogen) atoms. The van der Waals surface area contributed by atoms with E-state index >= 15 is 0 Å². The summed E-state index contributed by atoms with van der Waals surface area (Å²) in [5.74, 6) is 0.425. The number of nitrogens with one attached hydrogen (secondary N) is 2. The number of aromatic nitrogens is 2. The van der Waals surface area contributed by atoms with Gasteiger partial charge in [0.1, 0.15) is 5.84 Å².